The van der Waals surface area contributed by atoms with Gasteiger partial charge in [0.25, 0.3) is 0 Å². The van der Waals surface area contributed by atoms with Crippen molar-refractivity contribution >= 4 is 27.5 Å². The molecular weight excluding hydrogens is 308 g/mol. The summed E-state index contributed by atoms with van der Waals surface area (Å²) in [6, 6.07) is 6.98. The second-order valence-electron chi connectivity index (χ2n) is 4.30. The number of rotatable bonds is 4. The normalized spacial score (nSPS) is 12.2. The summed E-state index contributed by atoms with van der Waals surface area (Å²) in [4.78, 5) is 11.7. The van der Waals surface area contributed by atoms with Crippen LogP contribution in [0.3, 0.4) is 0 Å². The number of hydrogen-bond donors (Lipinski definition) is 2. The van der Waals surface area contributed by atoms with Crippen LogP contribution in [0.5, 0.6) is 0 Å². The zero-order valence-corrected chi connectivity index (χ0v) is 12.3. The Morgan fingerprint density at radius 2 is 2.26 bits per heavy atom. The highest BCUT2D eigenvalue weighted by Crippen LogP contribution is 2.23. The Labute approximate surface area is 119 Å². The van der Waals surface area contributed by atoms with Crippen molar-refractivity contribution in [3.05, 3.63) is 46.2 Å². The Morgan fingerprint density at radius 3 is 2.79 bits per heavy atom. The maximum Gasteiger partial charge on any atom is 0.244 e. The van der Waals surface area contributed by atoms with Crippen LogP contribution in [0, 0.1) is 6.92 Å². The molecule has 0 aliphatic carbocycles. The minimum absolute atomic E-state index is 0.434. The Bertz CT molecular complexity index is 608. The molecule has 1 aromatic carbocycles. The molecule has 1 aromatic heterocycles. The molecule has 0 saturated heterocycles. The lowest BCUT2D eigenvalue weighted by Crippen LogP contribution is -2.28. The van der Waals surface area contributed by atoms with Gasteiger partial charge in [0.15, 0.2) is 0 Å². The first-order valence-electron chi connectivity index (χ1n) is 5.79. The van der Waals surface area contributed by atoms with Crippen molar-refractivity contribution in [3.63, 3.8) is 0 Å². The van der Waals surface area contributed by atoms with E-state index in [0.29, 0.717) is 0 Å². The highest BCUT2D eigenvalue weighted by atomic mass is 79.9. The van der Waals surface area contributed by atoms with E-state index in [9.17, 15) is 4.79 Å². The van der Waals surface area contributed by atoms with E-state index in [-0.39, 0.29) is 0 Å². The maximum atomic E-state index is 11.7. The predicted octanol–water partition coefficient (Wildman–Crippen LogP) is 2.13. The Kier molecular flexibility index (Phi) is 3.90. The Balaban J connectivity index is 2.32. The molecule has 0 saturated carbocycles. The molecule has 0 radical (unpaired) electrons. The van der Waals surface area contributed by atoms with Gasteiger partial charge in [0.2, 0.25) is 5.91 Å². The van der Waals surface area contributed by atoms with Gasteiger partial charge < -0.3 is 11.1 Å². The van der Waals surface area contributed by atoms with E-state index in [0.717, 1.165) is 21.4 Å². The van der Waals surface area contributed by atoms with E-state index < -0.39 is 11.9 Å². The fourth-order valence-corrected chi connectivity index (χ4v) is 2.25. The summed E-state index contributed by atoms with van der Waals surface area (Å²) in [6.07, 6.45) is 1.66. The maximum absolute atomic E-state index is 11.7. The minimum atomic E-state index is -0.594. The first-order chi connectivity index (χ1) is 8.99. The van der Waals surface area contributed by atoms with Crippen molar-refractivity contribution in [1.82, 2.24) is 9.78 Å². The molecule has 0 aliphatic heterocycles. The summed E-state index contributed by atoms with van der Waals surface area (Å²) in [7, 11) is 1.83. The molecule has 100 valence electrons. The second-order valence-corrected chi connectivity index (χ2v) is 5.21. The lowest BCUT2D eigenvalue weighted by atomic mass is 10.1. The number of benzene rings is 1. The minimum Gasteiger partial charge on any atom is -0.370 e. The molecule has 0 bridgehead atoms. The molecule has 1 amide bonds. The van der Waals surface area contributed by atoms with Gasteiger partial charge in [-0.25, -0.2) is 0 Å². The number of halogens is 1. The molecule has 1 unspecified atom stereocenters. The van der Waals surface area contributed by atoms with Crippen LogP contribution in [-0.2, 0) is 11.8 Å². The van der Waals surface area contributed by atoms with Crippen LogP contribution in [0.15, 0.2) is 34.9 Å². The quantitative estimate of drug-likeness (QED) is 0.905. The molecule has 0 fully saturated rings. The number of primary amides is 1. The summed E-state index contributed by atoms with van der Waals surface area (Å²) in [5.41, 5.74) is 8.00. The highest BCUT2D eigenvalue weighted by molar-refractivity contribution is 9.10. The molecule has 3 N–H and O–H groups in total. The summed E-state index contributed by atoms with van der Waals surface area (Å²) in [5, 5.41) is 7.27. The smallest absolute Gasteiger partial charge is 0.244 e. The molecule has 1 heterocycles. The lowest BCUT2D eigenvalue weighted by Gasteiger charge is -2.16. The summed E-state index contributed by atoms with van der Waals surface area (Å²) >= 11 is 3.39. The topological polar surface area (TPSA) is 72.9 Å². The van der Waals surface area contributed by atoms with Gasteiger partial charge in [0.05, 0.1) is 6.20 Å². The number of amides is 1. The molecule has 0 aliphatic rings. The lowest BCUT2D eigenvalue weighted by molar-refractivity contribution is -0.118. The highest BCUT2D eigenvalue weighted by Gasteiger charge is 2.22. The first kappa shape index (κ1) is 13.6. The van der Waals surface area contributed by atoms with Crippen molar-refractivity contribution in [2.24, 2.45) is 12.8 Å². The Morgan fingerprint density at radius 1 is 1.53 bits per heavy atom. The van der Waals surface area contributed by atoms with Gasteiger partial charge in [-0.05, 0) is 25.1 Å². The van der Waals surface area contributed by atoms with Crippen LogP contribution in [-0.4, -0.2) is 15.7 Å². The van der Waals surface area contributed by atoms with E-state index in [1.54, 1.807) is 10.9 Å². The number of nitrogens with two attached hydrogens (primary N) is 1. The third-order valence-electron chi connectivity index (χ3n) is 3.00. The van der Waals surface area contributed by atoms with Gasteiger partial charge >= 0.3 is 0 Å². The standard InChI is InChI=1S/C13H15BrN4O/c1-8-11(7-16-18(8)2)12(13(15)19)17-10-5-3-4-9(14)6-10/h3-7,12,17H,1-2H3,(H2,15,19). The number of aromatic nitrogens is 2. The predicted molar refractivity (Wildman–Crippen MR) is 77.6 cm³/mol. The van der Waals surface area contributed by atoms with E-state index >= 15 is 0 Å². The molecule has 5 nitrogen and oxygen atoms in total. The summed E-state index contributed by atoms with van der Waals surface area (Å²) in [5.74, 6) is -0.434. The van der Waals surface area contributed by atoms with Crippen LogP contribution >= 0.6 is 15.9 Å². The van der Waals surface area contributed by atoms with Gasteiger partial charge in [0.1, 0.15) is 6.04 Å². The number of nitrogens with one attached hydrogen (secondary N) is 1. The van der Waals surface area contributed by atoms with Gasteiger partial charge in [-0.1, -0.05) is 22.0 Å². The van der Waals surface area contributed by atoms with Crippen molar-refractivity contribution in [1.29, 1.82) is 0 Å². The second kappa shape index (κ2) is 5.44. The zero-order valence-electron chi connectivity index (χ0n) is 10.7. The van der Waals surface area contributed by atoms with Crippen LogP contribution < -0.4 is 11.1 Å². The summed E-state index contributed by atoms with van der Waals surface area (Å²) in [6.45, 7) is 1.90. The van der Waals surface area contributed by atoms with Gasteiger partial charge in [-0.15, -0.1) is 0 Å². The van der Waals surface area contributed by atoms with E-state index in [1.807, 2.05) is 38.2 Å². The van der Waals surface area contributed by atoms with Gasteiger partial charge in [0, 0.05) is 28.5 Å². The van der Waals surface area contributed by atoms with Crippen LogP contribution in [0.2, 0.25) is 0 Å². The molecule has 19 heavy (non-hydrogen) atoms. The van der Waals surface area contributed by atoms with Gasteiger partial charge in [-0.3, -0.25) is 9.48 Å². The van der Waals surface area contributed by atoms with E-state index in [4.69, 9.17) is 5.73 Å². The monoisotopic (exact) mass is 322 g/mol. The third-order valence-corrected chi connectivity index (χ3v) is 3.50. The SMILES string of the molecule is Cc1c(C(Nc2cccc(Br)c2)C(N)=O)cnn1C. The average Bonchev–Trinajstić information content (AvgIpc) is 2.67. The molecular formula is C13H15BrN4O. The molecule has 1 atom stereocenters. The van der Waals surface area contributed by atoms with E-state index in [1.165, 1.54) is 0 Å². The molecule has 0 spiro atoms. The fraction of sp³-hybridized carbons (Fsp3) is 0.231. The Hall–Kier alpha value is -1.82. The number of carbonyl (C=O) groups is 1. The van der Waals surface area contributed by atoms with Gasteiger partial charge in [-0.2, -0.15) is 5.10 Å². The van der Waals surface area contributed by atoms with Crippen molar-refractivity contribution in [2.75, 3.05) is 5.32 Å². The van der Waals surface area contributed by atoms with Crippen LogP contribution in [0.4, 0.5) is 5.69 Å². The molecule has 2 rings (SSSR count). The first-order valence-corrected chi connectivity index (χ1v) is 6.58. The van der Waals surface area contributed by atoms with Crippen LogP contribution in [0.1, 0.15) is 17.3 Å². The number of nitrogens with zero attached hydrogens (tertiary/aromatic N) is 2. The van der Waals surface area contributed by atoms with Crippen molar-refractivity contribution < 1.29 is 4.79 Å². The van der Waals surface area contributed by atoms with E-state index in [2.05, 4.69) is 26.3 Å². The molecule has 6 heteroatoms. The number of carbonyl (C=O) groups excluding carboxylic acids is 1. The number of aryl methyl sites for hydroxylation is 1. The zero-order chi connectivity index (χ0) is 14.0. The fourth-order valence-electron chi connectivity index (χ4n) is 1.85. The molecule has 2 aromatic rings. The van der Waals surface area contributed by atoms with Crippen molar-refractivity contribution in [2.45, 2.75) is 13.0 Å². The third kappa shape index (κ3) is 2.96. The summed E-state index contributed by atoms with van der Waals surface area (Å²) < 4.78 is 2.65. The largest absolute Gasteiger partial charge is 0.370 e. The van der Waals surface area contributed by atoms with Crippen molar-refractivity contribution in [3.8, 4) is 0 Å². The number of hydrogen-bond acceptors (Lipinski definition) is 3. The van der Waals surface area contributed by atoms with Crippen LogP contribution in [0.25, 0.3) is 0 Å². The number of anilines is 1. The average molecular weight is 323 g/mol.